The molecule has 1 aliphatic heterocycles. The van der Waals surface area contributed by atoms with Gasteiger partial charge in [-0.1, -0.05) is 32.1 Å². The molecule has 1 heterocycles. The van der Waals surface area contributed by atoms with Crippen molar-refractivity contribution in [3.63, 3.8) is 0 Å². The van der Waals surface area contributed by atoms with Crippen molar-refractivity contribution in [2.45, 2.75) is 63.8 Å². The molecule has 0 aromatic heterocycles. The largest absolute Gasteiger partial charge is 0.355 e. The Morgan fingerprint density at radius 3 is 2.30 bits per heavy atom. The summed E-state index contributed by atoms with van der Waals surface area (Å²) in [5, 5.41) is 7.06. The summed E-state index contributed by atoms with van der Waals surface area (Å²) in [4.78, 5) is 6.95. The standard InChI is InChI=1S/C16H32N4/c1-17-16(19-15-9-5-4-6-10-15)18-11-14-20-12-7-2-3-8-13-20/h15H,2-14H2,1H3,(H2,17,18,19). The SMILES string of the molecule is CN=C(NCCN1CCCCCC1)NC1CCCCC1. The maximum Gasteiger partial charge on any atom is 0.191 e. The van der Waals surface area contributed by atoms with E-state index < -0.39 is 0 Å². The first-order valence-corrected chi connectivity index (χ1v) is 8.58. The van der Waals surface area contributed by atoms with Gasteiger partial charge < -0.3 is 15.5 Å². The van der Waals surface area contributed by atoms with Gasteiger partial charge in [-0.3, -0.25) is 4.99 Å². The van der Waals surface area contributed by atoms with E-state index in [-0.39, 0.29) is 0 Å². The molecule has 0 unspecified atom stereocenters. The Labute approximate surface area is 124 Å². The molecule has 1 saturated carbocycles. The lowest BCUT2D eigenvalue weighted by molar-refractivity contribution is 0.289. The Morgan fingerprint density at radius 1 is 1.00 bits per heavy atom. The summed E-state index contributed by atoms with van der Waals surface area (Å²) < 4.78 is 0. The van der Waals surface area contributed by atoms with Crippen LogP contribution >= 0.6 is 0 Å². The second kappa shape index (κ2) is 9.22. The van der Waals surface area contributed by atoms with Crippen molar-refractivity contribution in [3.8, 4) is 0 Å². The highest BCUT2D eigenvalue weighted by Gasteiger charge is 2.14. The van der Waals surface area contributed by atoms with Crippen LogP contribution in [0.4, 0.5) is 0 Å². The Morgan fingerprint density at radius 2 is 1.65 bits per heavy atom. The fraction of sp³-hybridized carbons (Fsp3) is 0.938. The predicted octanol–water partition coefficient (Wildman–Crippen LogP) is 2.36. The zero-order chi connectivity index (χ0) is 14.0. The van der Waals surface area contributed by atoms with E-state index >= 15 is 0 Å². The number of likely N-dealkylation sites (tertiary alicyclic amines) is 1. The number of nitrogens with one attached hydrogen (secondary N) is 2. The van der Waals surface area contributed by atoms with Crippen LogP contribution in [0.15, 0.2) is 4.99 Å². The number of rotatable bonds is 4. The van der Waals surface area contributed by atoms with Crippen LogP contribution < -0.4 is 10.6 Å². The van der Waals surface area contributed by atoms with Crippen molar-refractivity contribution in [1.29, 1.82) is 0 Å². The van der Waals surface area contributed by atoms with Crippen molar-refractivity contribution in [2.75, 3.05) is 33.2 Å². The van der Waals surface area contributed by atoms with Crippen LogP contribution in [0.3, 0.4) is 0 Å². The number of hydrogen-bond donors (Lipinski definition) is 2. The topological polar surface area (TPSA) is 39.7 Å². The molecule has 1 saturated heterocycles. The van der Waals surface area contributed by atoms with Gasteiger partial charge in [-0.25, -0.2) is 0 Å². The lowest BCUT2D eigenvalue weighted by Crippen LogP contribution is -2.46. The summed E-state index contributed by atoms with van der Waals surface area (Å²) in [7, 11) is 1.88. The van der Waals surface area contributed by atoms with E-state index in [0.29, 0.717) is 6.04 Å². The van der Waals surface area contributed by atoms with Crippen LogP contribution in [0.1, 0.15) is 57.8 Å². The number of hydrogen-bond acceptors (Lipinski definition) is 2. The Kier molecular flexibility index (Phi) is 7.20. The van der Waals surface area contributed by atoms with Gasteiger partial charge in [0.25, 0.3) is 0 Å². The van der Waals surface area contributed by atoms with Gasteiger partial charge in [0.1, 0.15) is 0 Å². The molecule has 0 aromatic carbocycles. The lowest BCUT2D eigenvalue weighted by Gasteiger charge is -2.26. The minimum absolute atomic E-state index is 0.633. The van der Waals surface area contributed by atoms with Crippen molar-refractivity contribution < 1.29 is 0 Å². The van der Waals surface area contributed by atoms with Crippen molar-refractivity contribution >= 4 is 5.96 Å². The first kappa shape index (κ1) is 15.6. The quantitative estimate of drug-likeness (QED) is 0.613. The van der Waals surface area contributed by atoms with Gasteiger partial charge in [-0.15, -0.1) is 0 Å². The van der Waals surface area contributed by atoms with Crippen molar-refractivity contribution in [1.82, 2.24) is 15.5 Å². The molecule has 0 atom stereocenters. The first-order valence-electron chi connectivity index (χ1n) is 8.58. The zero-order valence-electron chi connectivity index (χ0n) is 13.2. The number of guanidine groups is 1. The summed E-state index contributed by atoms with van der Waals surface area (Å²) in [5.74, 6) is 0.992. The fourth-order valence-electron chi connectivity index (χ4n) is 3.33. The van der Waals surface area contributed by atoms with Gasteiger partial charge >= 0.3 is 0 Å². The van der Waals surface area contributed by atoms with Crippen molar-refractivity contribution in [3.05, 3.63) is 0 Å². The normalized spacial score (nSPS) is 23.4. The molecule has 2 fully saturated rings. The summed E-state index contributed by atoms with van der Waals surface area (Å²) in [6, 6.07) is 0.633. The molecule has 2 N–H and O–H groups in total. The molecule has 0 aromatic rings. The first-order chi connectivity index (χ1) is 9.88. The zero-order valence-corrected chi connectivity index (χ0v) is 13.2. The average Bonchev–Trinajstić information content (AvgIpc) is 2.76. The molecule has 2 rings (SSSR count). The lowest BCUT2D eigenvalue weighted by atomic mass is 9.96. The van der Waals surface area contributed by atoms with Gasteiger partial charge in [0.2, 0.25) is 0 Å². The highest BCUT2D eigenvalue weighted by atomic mass is 15.2. The van der Waals surface area contributed by atoms with E-state index in [4.69, 9.17) is 0 Å². The maximum atomic E-state index is 4.36. The summed E-state index contributed by atoms with van der Waals surface area (Å²) in [6.07, 6.45) is 12.3. The molecule has 4 heteroatoms. The van der Waals surface area contributed by atoms with Crippen LogP contribution in [0, 0.1) is 0 Å². The van der Waals surface area contributed by atoms with Gasteiger partial charge in [-0.2, -0.15) is 0 Å². The number of aliphatic imine (C=N–C) groups is 1. The predicted molar refractivity (Wildman–Crippen MR) is 86.3 cm³/mol. The molecule has 0 radical (unpaired) electrons. The fourth-order valence-corrected chi connectivity index (χ4v) is 3.33. The Balaban J connectivity index is 1.62. The molecular weight excluding hydrogens is 248 g/mol. The van der Waals surface area contributed by atoms with Gasteiger partial charge in [-0.05, 0) is 38.8 Å². The van der Waals surface area contributed by atoms with E-state index in [1.54, 1.807) is 0 Å². The summed E-state index contributed by atoms with van der Waals surface area (Å²) in [5.41, 5.74) is 0. The average molecular weight is 280 g/mol. The molecule has 0 bridgehead atoms. The van der Waals surface area contributed by atoms with E-state index in [9.17, 15) is 0 Å². The Bertz CT molecular complexity index is 276. The molecule has 20 heavy (non-hydrogen) atoms. The molecule has 2 aliphatic rings. The van der Waals surface area contributed by atoms with Gasteiger partial charge in [0, 0.05) is 26.2 Å². The highest BCUT2D eigenvalue weighted by molar-refractivity contribution is 5.79. The van der Waals surface area contributed by atoms with Crippen LogP contribution in [-0.4, -0.2) is 50.1 Å². The maximum absolute atomic E-state index is 4.36. The monoisotopic (exact) mass is 280 g/mol. The van der Waals surface area contributed by atoms with E-state index in [1.165, 1.54) is 70.9 Å². The molecule has 0 amide bonds. The van der Waals surface area contributed by atoms with E-state index in [0.717, 1.165) is 19.0 Å². The van der Waals surface area contributed by atoms with Crippen LogP contribution in [0.5, 0.6) is 0 Å². The smallest absolute Gasteiger partial charge is 0.191 e. The molecule has 0 spiro atoms. The van der Waals surface area contributed by atoms with Gasteiger partial charge in [0.05, 0.1) is 0 Å². The molecule has 4 nitrogen and oxygen atoms in total. The second-order valence-corrected chi connectivity index (χ2v) is 6.23. The van der Waals surface area contributed by atoms with Crippen LogP contribution in [0.2, 0.25) is 0 Å². The van der Waals surface area contributed by atoms with Crippen molar-refractivity contribution in [2.24, 2.45) is 4.99 Å². The third-order valence-electron chi connectivity index (χ3n) is 4.59. The van der Waals surface area contributed by atoms with E-state index in [1.807, 2.05) is 7.05 Å². The second-order valence-electron chi connectivity index (χ2n) is 6.23. The minimum Gasteiger partial charge on any atom is -0.355 e. The molecule has 1 aliphatic carbocycles. The molecular formula is C16H32N4. The minimum atomic E-state index is 0.633. The van der Waals surface area contributed by atoms with Crippen LogP contribution in [0.25, 0.3) is 0 Å². The van der Waals surface area contributed by atoms with E-state index in [2.05, 4.69) is 20.5 Å². The number of nitrogens with zero attached hydrogens (tertiary/aromatic N) is 2. The third-order valence-corrected chi connectivity index (χ3v) is 4.59. The summed E-state index contributed by atoms with van der Waals surface area (Å²) >= 11 is 0. The highest BCUT2D eigenvalue weighted by Crippen LogP contribution is 2.17. The molecule has 116 valence electrons. The third kappa shape index (κ3) is 5.70. The summed E-state index contributed by atoms with van der Waals surface area (Å²) in [6.45, 7) is 4.70. The van der Waals surface area contributed by atoms with Gasteiger partial charge in [0.15, 0.2) is 5.96 Å². The Hall–Kier alpha value is -0.770. The van der Waals surface area contributed by atoms with Crippen LogP contribution in [-0.2, 0) is 0 Å².